The minimum atomic E-state index is 0.00171. The fraction of sp³-hybridized carbons (Fsp3) is 0.167. The maximum absolute atomic E-state index is 11.9. The first-order chi connectivity index (χ1) is 10.7. The first-order valence-electron chi connectivity index (χ1n) is 7.22. The van der Waals surface area contributed by atoms with Gasteiger partial charge in [-0.05, 0) is 30.2 Å². The smallest absolute Gasteiger partial charge is 0.224 e. The fourth-order valence-corrected chi connectivity index (χ4v) is 2.44. The Morgan fingerprint density at radius 3 is 2.77 bits per heavy atom. The molecule has 2 aromatic carbocycles. The first kappa shape index (κ1) is 14.2. The number of carbonyl (C=O) groups excluding carboxylic acids is 1. The molecule has 0 aliphatic carbocycles. The van der Waals surface area contributed by atoms with Gasteiger partial charge in [-0.2, -0.15) is 0 Å². The summed E-state index contributed by atoms with van der Waals surface area (Å²) in [4.78, 5) is 11.9. The van der Waals surface area contributed by atoms with Crippen molar-refractivity contribution in [3.8, 4) is 5.75 Å². The number of carbonyl (C=O) groups is 1. The SMILES string of the molecule is O=C(Cc1ccccc1)NCCc1coc2ccc(O)cc12. The van der Waals surface area contributed by atoms with E-state index in [2.05, 4.69) is 5.32 Å². The maximum Gasteiger partial charge on any atom is 0.224 e. The lowest BCUT2D eigenvalue weighted by atomic mass is 10.1. The van der Waals surface area contributed by atoms with Crippen LogP contribution in [0.2, 0.25) is 0 Å². The Bertz CT molecular complexity index is 777. The van der Waals surface area contributed by atoms with E-state index in [1.165, 1.54) is 0 Å². The van der Waals surface area contributed by atoms with Crippen LogP contribution in [0.1, 0.15) is 11.1 Å². The van der Waals surface area contributed by atoms with Crippen LogP contribution in [-0.2, 0) is 17.6 Å². The predicted molar refractivity (Wildman–Crippen MR) is 84.7 cm³/mol. The summed E-state index contributed by atoms with van der Waals surface area (Å²) in [5.41, 5.74) is 2.72. The number of hydrogen-bond donors (Lipinski definition) is 2. The van der Waals surface area contributed by atoms with E-state index in [0.29, 0.717) is 19.4 Å². The van der Waals surface area contributed by atoms with E-state index in [1.54, 1.807) is 24.5 Å². The normalized spacial score (nSPS) is 10.7. The Labute approximate surface area is 128 Å². The Morgan fingerprint density at radius 1 is 1.14 bits per heavy atom. The molecule has 0 aliphatic rings. The van der Waals surface area contributed by atoms with Gasteiger partial charge in [0.2, 0.25) is 5.91 Å². The van der Waals surface area contributed by atoms with Gasteiger partial charge in [-0.25, -0.2) is 0 Å². The second-order valence-corrected chi connectivity index (χ2v) is 5.20. The molecule has 112 valence electrons. The van der Waals surface area contributed by atoms with Crippen LogP contribution < -0.4 is 5.32 Å². The van der Waals surface area contributed by atoms with Gasteiger partial charge < -0.3 is 14.8 Å². The number of phenolic OH excluding ortho intramolecular Hbond substituents is 1. The summed E-state index contributed by atoms with van der Waals surface area (Å²) < 4.78 is 5.43. The Hall–Kier alpha value is -2.75. The largest absolute Gasteiger partial charge is 0.508 e. The quantitative estimate of drug-likeness (QED) is 0.760. The van der Waals surface area contributed by atoms with E-state index in [1.807, 2.05) is 30.3 Å². The molecular formula is C18H17NO3. The molecule has 0 unspecified atom stereocenters. The number of amides is 1. The summed E-state index contributed by atoms with van der Waals surface area (Å²) in [6, 6.07) is 14.7. The van der Waals surface area contributed by atoms with Crippen molar-refractivity contribution in [2.75, 3.05) is 6.54 Å². The molecule has 22 heavy (non-hydrogen) atoms. The molecule has 0 aliphatic heterocycles. The van der Waals surface area contributed by atoms with Crippen molar-refractivity contribution in [3.63, 3.8) is 0 Å². The summed E-state index contributed by atoms with van der Waals surface area (Å²) in [5, 5.41) is 13.3. The van der Waals surface area contributed by atoms with E-state index in [0.717, 1.165) is 22.1 Å². The number of rotatable bonds is 5. The number of hydrogen-bond acceptors (Lipinski definition) is 3. The topological polar surface area (TPSA) is 62.5 Å². The lowest BCUT2D eigenvalue weighted by Crippen LogP contribution is -2.27. The van der Waals surface area contributed by atoms with Gasteiger partial charge in [0.25, 0.3) is 0 Å². The van der Waals surface area contributed by atoms with E-state index < -0.39 is 0 Å². The summed E-state index contributed by atoms with van der Waals surface area (Å²) in [6.45, 7) is 0.538. The molecule has 0 saturated carbocycles. The molecule has 2 N–H and O–H groups in total. The molecule has 1 amide bonds. The van der Waals surface area contributed by atoms with Crippen LogP contribution in [0.3, 0.4) is 0 Å². The van der Waals surface area contributed by atoms with Crippen molar-refractivity contribution in [1.82, 2.24) is 5.32 Å². The van der Waals surface area contributed by atoms with Crippen LogP contribution in [0.15, 0.2) is 59.2 Å². The van der Waals surface area contributed by atoms with E-state index in [-0.39, 0.29) is 11.7 Å². The van der Waals surface area contributed by atoms with Gasteiger partial charge in [0.05, 0.1) is 12.7 Å². The molecule has 1 aromatic heterocycles. The van der Waals surface area contributed by atoms with Crippen LogP contribution in [0.5, 0.6) is 5.75 Å². The number of benzene rings is 2. The standard InChI is InChI=1S/C18H17NO3/c20-15-6-7-17-16(11-15)14(12-22-17)8-9-19-18(21)10-13-4-2-1-3-5-13/h1-7,11-12,20H,8-10H2,(H,19,21). The zero-order valence-electron chi connectivity index (χ0n) is 12.1. The predicted octanol–water partition coefficient (Wildman–Crippen LogP) is 3.04. The molecule has 4 nitrogen and oxygen atoms in total. The van der Waals surface area contributed by atoms with Crippen LogP contribution >= 0.6 is 0 Å². The van der Waals surface area contributed by atoms with Crippen LogP contribution in [-0.4, -0.2) is 17.6 Å². The molecule has 0 saturated heterocycles. The van der Waals surface area contributed by atoms with Crippen molar-refractivity contribution >= 4 is 16.9 Å². The third kappa shape index (κ3) is 3.28. The monoisotopic (exact) mass is 295 g/mol. The van der Waals surface area contributed by atoms with Gasteiger partial charge in [0.1, 0.15) is 11.3 Å². The Morgan fingerprint density at radius 2 is 1.95 bits per heavy atom. The summed E-state index contributed by atoms with van der Waals surface area (Å²) in [6.07, 6.45) is 2.72. The van der Waals surface area contributed by atoms with Crippen molar-refractivity contribution < 1.29 is 14.3 Å². The highest BCUT2D eigenvalue weighted by atomic mass is 16.3. The van der Waals surface area contributed by atoms with E-state index >= 15 is 0 Å². The summed E-state index contributed by atoms with van der Waals surface area (Å²) in [7, 11) is 0. The Balaban J connectivity index is 1.56. The lowest BCUT2D eigenvalue weighted by Gasteiger charge is -2.04. The molecule has 3 aromatic rings. The average molecular weight is 295 g/mol. The molecule has 0 bridgehead atoms. The zero-order valence-corrected chi connectivity index (χ0v) is 12.1. The molecular weight excluding hydrogens is 278 g/mol. The van der Waals surface area contributed by atoms with Gasteiger partial charge in [-0.15, -0.1) is 0 Å². The van der Waals surface area contributed by atoms with Gasteiger partial charge in [-0.3, -0.25) is 4.79 Å². The van der Waals surface area contributed by atoms with Crippen molar-refractivity contribution in [2.24, 2.45) is 0 Å². The summed E-state index contributed by atoms with van der Waals surface area (Å²) in [5.74, 6) is 0.213. The van der Waals surface area contributed by atoms with Crippen LogP contribution in [0.4, 0.5) is 0 Å². The number of furan rings is 1. The van der Waals surface area contributed by atoms with Crippen LogP contribution in [0.25, 0.3) is 11.0 Å². The Kier molecular flexibility index (Phi) is 4.10. The highest BCUT2D eigenvalue weighted by Crippen LogP contribution is 2.25. The summed E-state index contributed by atoms with van der Waals surface area (Å²) >= 11 is 0. The second kappa shape index (κ2) is 6.35. The minimum Gasteiger partial charge on any atom is -0.508 e. The van der Waals surface area contributed by atoms with Gasteiger partial charge in [0, 0.05) is 17.5 Å². The molecule has 0 fully saturated rings. The van der Waals surface area contributed by atoms with Gasteiger partial charge >= 0.3 is 0 Å². The minimum absolute atomic E-state index is 0.00171. The van der Waals surface area contributed by atoms with Crippen molar-refractivity contribution in [2.45, 2.75) is 12.8 Å². The number of phenols is 1. The van der Waals surface area contributed by atoms with Gasteiger partial charge in [-0.1, -0.05) is 30.3 Å². The second-order valence-electron chi connectivity index (χ2n) is 5.20. The highest BCUT2D eigenvalue weighted by molar-refractivity contribution is 5.82. The maximum atomic E-state index is 11.9. The molecule has 0 spiro atoms. The van der Waals surface area contributed by atoms with Crippen molar-refractivity contribution in [1.29, 1.82) is 0 Å². The van der Waals surface area contributed by atoms with E-state index in [9.17, 15) is 9.90 Å². The molecule has 0 atom stereocenters. The first-order valence-corrected chi connectivity index (χ1v) is 7.22. The molecule has 4 heteroatoms. The van der Waals surface area contributed by atoms with Crippen molar-refractivity contribution in [3.05, 3.63) is 65.9 Å². The number of nitrogens with one attached hydrogen (secondary N) is 1. The highest BCUT2D eigenvalue weighted by Gasteiger charge is 2.08. The number of fused-ring (bicyclic) bond motifs is 1. The number of aromatic hydroxyl groups is 1. The fourth-order valence-electron chi connectivity index (χ4n) is 2.44. The molecule has 1 heterocycles. The third-order valence-corrected chi connectivity index (χ3v) is 3.56. The van der Waals surface area contributed by atoms with E-state index in [4.69, 9.17) is 4.42 Å². The molecule has 0 radical (unpaired) electrons. The zero-order chi connectivity index (χ0) is 15.4. The molecule has 3 rings (SSSR count). The third-order valence-electron chi connectivity index (χ3n) is 3.56. The van der Waals surface area contributed by atoms with Crippen LogP contribution in [0, 0.1) is 0 Å². The average Bonchev–Trinajstić information content (AvgIpc) is 2.91. The van der Waals surface area contributed by atoms with Gasteiger partial charge in [0.15, 0.2) is 0 Å². The lowest BCUT2D eigenvalue weighted by molar-refractivity contribution is -0.120.